The Bertz CT molecular complexity index is 692. The number of allylic oxidation sites excluding steroid dienone is 1. The van der Waals surface area contributed by atoms with Gasteiger partial charge in [0.25, 0.3) is 0 Å². The number of phenols is 2. The molecule has 0 amide bonds. The van der Waals surface area contributed by atoms with Crippen LogP contribution in [0.25, 0.3) is 17.0 Å². The number of hydrogen-bond acceptors (Lipinski definition) is 4. The van der Waals surface area contributed by atoms with Crippen LogP contribution < -0.4 is 0 Å². The summed E-state index contributed by atoms with van der Waals surface area (Å²) in [6.45, 7) is 6.20. The molecule has 4 nitrogen and oxygen atoms in total. The summed E-state index contributed by atoms with van der Waals surface area (Å²) >= 11 is 0. The van der Waals surface area contributed by atoms with Crippen LogP contribution in [0.1, 0.15) is 43.6 Å². The Morgan fingerprint density at radius 1 is 1.26 bits per heavy atom. The average Bonchev–Trinajstić information content (AvgIpc) is 2.66. The first kappa shape index (κ1) is 12.0. The molecule has 0 atom stereocenters. The average molecular weight is 260 g/mol. The van der Waals surface area contributed by atoms with Crippen LogP contribution in [0.4, 0.5) is 0 Å². The lowest BCUT2D eigenvalue weighted by atomic mass is 9.97. The summed E-state index contributed by atoms with van der Waals surface area (Å²) in [7, 11) is 0. The molecule has 0 spiro atoms. The summed E-state index contributed by atoms with van der Waals surface area (Å²) in [5.41, 5.74) is 2.18. The highest BCUT2D eigenvalue weighted by Crippen LogP contribution is 2.44. The van der Waals surface area contributed by atoms with E-state index in [0.717, 1.165) is 22.5 Å². The highest BCUT2D eigenvalue weighted by molar-refractivity contribution is 5.91. The van der Waals surface area contributed by atoms with Crippen molar-refractivity contribution in [1.29, 1.82) is 0 Å². The van der Waals surface area contributed by atoms with E-state index in [-0.39, 0.29) is 17.4 Å². The molecule has 1 aromatic carbocycles. The molecule has 19 heavy (non-hydrogen) atoms. The predicted molar refractivity (Wildman–Crippen MR) is 72.1 cm³/mol. The molecular formula is C15H16O4. The van der Waals surface area contributed by atoms with Crippen molar-refractivity contribution in [2.24, 2.45) is 0 Å². The maximum atomic E-state index is 10.0. The molecule has 2 N–H and O–H groups in total. The van der Waals surface area contributed by atoms with Gasteiger partial charge in [-0.2, -0.15) is 0 Å². The fraction of sp³-hybridized carbons (Fsp3) is 0.333. The second kappa shape index (κ2) is 3.95. The van der Waals surface area contributed by atoms with Crippen LogP contribution in [0.15, 0.2) is 16.2 Å². The molecule has 2 aromatic rings. The summed E-state index contributed by atoms with van der Waals surface area (Å²) < 4.78 is 11.4. The molecule has 1 aromatic heterocycles. The fourth-order valence-electron chi connectivity index (χ4n) is 2.51. The molecule has 0 saturated heterocycles. The van der Waals surface area contributed by atoms with Gasteiger partial charge in [-0.1, -0.05) is 13.8 Å². The highest BCUT2D eigenvalue weighted by Gasteiger charge is 2.24. The van der Waals surface area contributed by atoms with Crippen molar-refractivity contribution in [3.63, 3.8) is 0 Å². The summed E-state index contributed by atoms with van der Waals surface area (Å²) in [6, 6.07) is 1.54. The molecule has 0 fully saturated rings. The zero-order valence-corrected chi connectivity index (χ0v) is 11.2. The van der Waals surface area contributed by atoms with Crippen LogP contribution in [0.2, 0.25) is 0 Å². The fourth-order valence-corrected chi connectivity index (χ4v) is 2.51. The molecule has 4 heteroatoms. The zero-order chi connectivity index (χ0) is 13.7. The predicted octanol–water partition coefficient (Wildman–Crippen LogP) is 3.86. The summed E-state index contributed by atoms with van der Waals surface area (Å²) in [4.78, 5) is 0. The van der Waals surface area contributed by atoms with Crippen LogP contribution in [0.3, 0.4) is 0 Å². The van der Waals surface area contributed by atoms with E-state index in [1.807, 2.05) is 26.8 Å². The number of rotatable bonds is 1. The van der Waals surface area contributed by atoms with E-state index < -0.39 is 0 Å². The van der Waals surface area contributed by atoms with Gasteiger partial charge in [0.1, 0.15) is 18.0 Å². The van der Waals surface area contributed by atoms with E-state index in [1.54, 1.807) is 0 Å². The van der Waals surface area contributed by atoms with Crippen LogP contribution in [0.5, 0.6) is 11.5 Å². The van der Waals surface area contributed by atoms with Crippen LogP contribution >= 0.6 is 0 Å². The van der Waals surface area contributed by atoms with Gasteiger partial charge < -0.3 is 19.4 Å². The Kier molecular flexibility index (Phi) is 2.49. The maximum Gasteiger partial charge on any atom is 0.164 e. The van der Waals surface area contributed by atoms with E-state index in [2.05, 4.69) is 0 Å². The second-order valence-corrected chi connectivity index (χ2v) is 5.18. The third-order valence-electron chi connectivity index (χ3n) is 3.46. The Hall–Kier alpha value is -2.10. The summed E-state index contributed by atoms with van der Waals surface area (Å²) in [5, 5.41) is 20.7. The molecule has 2 heterocycles. The first-order valence-electron chi connectivity index (χ1n) is 6.30. The van der Waals surface area contributed by atoms with Crippen molar-refractivity contribution < 1.29 is 19.4 Å². The van der Waals surface area contributed by atoms with E-state index >= 15 is 0 Å². The molecule has 1 aliphatic rings. The van der Waals surface area contributed by atoms with Gasteiger partial charge in [0.2, 0.25) is 0 Å². The third kappa shape index (κ3) is 1.67. The first-order valence-corrected chi connectivity index (χ1v) is 6.30. The quantitative estimate of drug-likeness (QED) is 0.764. The summed E-state index contributed by atoms with van der Waals surface area (Å²) in [5.74, 6) is 1.37. The monoisotopic (exact) mass is 260 g/mol. The lowest BCUT2D eigenvalue weighted by Crippen LogP contribution is -1.97. The largest absolute Gasteiger partial charge is 0.504 e. The minimum absolute atomic E-state index is 0.0493. The normalized spacial score (nSPS) is 14.4. The van der Waals surface area contributed by atoms with Crippen molar-refractivity contribution in [2.45, 2.75) is 33.3 Å². The molecule has 0 aliphatic carbocycles. The Morgan fingerprint density at radius 3 is 2.68 bits per heavy atom. The number of ether oxygens (including phenoxy) is 1. The van der Waals surface area contributed by atoms with Gasteiger partial charge in [-0.05, 0) is 18.9 Å². The Morgan fingerprint density at radius 2 is 2.00 bits per heavy atom. The van der Waals surface area contributed by atoms with Crippen LogP contribution in [0, 0.1) is 0 Å². The van der Waals surface area contributed by atoms with E-state index in [1.165, 1.54) is 6.07 Å². The number of fused-ring (bicyclic) bond motifs is 3. The van der Waals surface area contributed by atoms with Crippen molar-refractivity contribution in [3.8, 4) is 11.5 Å². The standard InChI is InChI=1S/C15H16O4/c1-7(2)13-14(17)11(16)5-9-10-6-18-8(3)4-12(10)19-15(9)13/h4-5,7,16-17H,6H2,1-3H3. The van der Waals surface area contributed by atoms with E-state index in [9.17, 15) is 10.2 Å². The molecule has 100 valence electrons. The molecule has 0 unspecified atom stereocenters. The van der Waals surface area contributed by atoms with Gasteiger partial charge >= 0.3 is 0 Å². The molecular weight excluding hydrogens is 244 g/mol. The van der Waals surface area contributed by atoms with E-state index in [4.69, 9.17) is 9.15 Å². The third-order valence-corrected chi connectivity index (χ3v) is 3.46. The Labute approximate surface area is 110 Å². The highest BCUT2D eigenvalue weighted by atomic mass is 16.5. The molecule has 0 bridgehead atoms. The first-order chi connectivity index (χ1) is 8.99. The minimum atomic E-state index is -0.119. The van der Waals surface area contributed by atoms with Crippen LogP contribution in [-0.4, -0.2) is 10.2 Å². The SMILES string of the molecule is CC1=Cc2oc3c(C(C)C)c(O)c(O)cc3c2CO1. The molecule has 3 rings (SSSR count). The molecule has 1 aliphatic heterocycles. The van der Waals surface area contributed by atoms with Crippen molar-refractivity contribution in [2.75, 3.05) is 0 Å². The lowest BCUT2D eigenvalue weighted by Gasteiger charge is -2.11. The van der Waals surface area contributed by atoms with Gasteiger partial charge in [-0.25, -0.2) is 0 Å². The Balaban J connectivity index is 2.40. The summed E-state index contributed by atoms with van der Waals surface area (Å²) in [6.07, 6.45) is 1.83. The number of benzene rings is 1. The number of furan rings is 1. The van der Waals surface area contributed by atoms with Crippen molar-refractivity contribution in [3.05, 3.63) is 28.7 Å². The van der Waals surface area contributed by atoms with Crippen LogP contribution in [-0.2, 0) is 11.3 Å². The second-order valence-electron chi connectivity index (χ2n) is 5.18. The minimum Gasteiger partial charge on any atom is -0.504 e. The van der Waals surface area contributed by atoms with Crippen molar-refractivity contribution in [1.82, 2.24) is 0 Å². The number of hydrogen-bond donors (Lipinski definition) is 2. The van der Waals surface area contributed by atoms with Gasteiger partial charge in [-0.15, -0.1) is 0 Å². The van der Waals surface area contributed by atoms with E-state index in [0.29, 0.717) is 17.8 Å². The molecule has 0 radical (unpaired) electrons. The van der Waals surface area contributed by atoms with Gasteiger partial charge in [0.15, 0.2) is 11.5 Å². The van der Waals surface area contributed by atoms with Gasteiger partial charge in [-0.3, -0.25) is 0 Å². The van der Waals surface area contributed by atoms with Gasteiger partial charge in [0.05, 0.1) is 5.76 Å². The number of phenolic OH excluding ortho intramolecular Hbond substituents is 2. The lowest BCUT2D eigenvalue weighted by molar-refractivity contribution is 0.198. The van der Waals surface area contributed by atoms with Crippen molar-refractivity contribution >= 4 is 17.0 Å². The number of aromatic hydroxyl groups is 2. The smallest absolute Gasteiger partial charge is 0.164 e. The van der Waals surface area contributed by atoms with Gasteiger partial charge in [0, 0.05) is 22.6 Å². The molecule has 0 saturated carbocycles. The maximum absolute atomic E-state index is 10.0. The zero-order valence-electron chi connectivity index (χ0n) is 11.2. The topological polar surface area (TPSA) is 62.8 Å².